The molecule has 0 spiro atoms. The Bertz CT molecular complexity index is 1310. The van der Waals surface area contributed by atoms with Crippen LogP contribution in [0.25, 0.3) is 5.69 Å². The third kappa shape index (κ3) is 5.29. The number of likely N-dealkylation sites (tertiary alicyclic amines) is 1. The molecular formula is C30H35N5O3S. The zero-order chi connectivity index (χ0) is 27.2. The first kappa shape index (κ1) is 27.2. The molecule has 1 aliphatic carbocycles. The molecule has 1 aliphatic heterocycles. The van der Waals surface area contributed by atoms with E-state index < -0.39 is 4.87 Å². The Morgan fingerprint density at radius 2 is 1.49 bits per heavy atom. The summed E-state index contributed by atoms with van der Waals surface area (Å²) in [6.45, 7) is 2.22. The Balaban J connectivity index is 1.49. The van der Waals surface area contributed by atoms with Gasteiger partial charge < -0.3 is 0 Å². The average Bonchev–Trinajstić information content (AvgIpc) is 3.62. The number of nitrogens with zero attached hydrogens (tertiary/aromatic N) is 5. The van der Waals surface area contributed by atoms with E-state index in [2.05, 4.69) is 22.4 Å². The molecule has 2 aromatic carbocycles. The van der Waals surface area contributed by atoms with E-state index >= 15 is 0 Å². The third-order valence-corrected chi connectivity index (χ3v) is 9.20. The molecule has 2 heterocycles. The monoisotopic (exact) mass is 545 g/mol. The molecule has 1 saturated heterocycles. The molecule has 3 aromatic rings. The number of benzene rings is 2. The van der Waals surface area contributed by atoms with Crippen molar-refractivity contribution in [2.45, 2.75) is 93.5 Å². The molecular weight excluding hydrogens is 510 g/mol. The molecule has 0 bridgehead atoms. The maximum Gasteiger partial charge on any atom is 0.231 e. The minimum absolute atomic E-state index is 0.110. The highest BCUT2D eigenvalue weighted by molar-refractivity contribution is 8.01. The van der Waals surface area contributed by atoms with Gasteiger partial charge in [0.05, 0.1) is 5.69 Å². The number of rotatable bonds is 13. The number of thioether (sulfide) groups is 1. The lowest BCUT2D eigenvalue weighted by Crippen LogP contribution is -2.55. The summed E-state index contributed by atoms with van der Waals surface area (Å²) in [5.41, 5.74) is 2.20. The van der Waals surface area contributed by atoms with Crippen molar-refractivity contribution >= 4 is 29.4 Å². The standard InChI is InChI=1S/C30H35N5O3S/c1-2-3-4-5-6-7-8-12-19-25-23-17-13-14-18-24(23)28(38)30(25,34-26(36)20-21-27(34)37)39-29-31-32-33-35(29)22-15-10-9-11-16-22/h9-11,13-18,25H,2-8,12,19-21H2,1H3. The molecule has 2 unspecified atom stereocenters. The summed E-state index contributed by atoms with van der Waals surface area (Å²) in [7, 11) is 0. The lowest BCUT2D eigenvalue weighted by molar-refractivity contribution is -0.141. The van der Waals surface area contributed by atoms with Crippen LogP contribution in [0.4, 0.5) is 0 Å². The van der Waals surface area contributed by atoms with E-state index in [9.17, 15) is 14.4 Å². The van der Waals surface area contributed by atoms with Crippen LogP contribution < -0.4 is 0 Å². The maximum absolute atomic E-state index is 14.4. The van der Waals surface area contributed by atoms with Gasteiger partial charge in [-0.25, -0.2) is 0 Å². The SMILES string of the molecule is CCCCCCCCCCC1c2ccccc2C(=O)C1(Sc1nnnn1-c1ccccc1)N1C(=O)CCC1=O. The first-order valence-corrected chi connectivity index (χ1v) is 14.9. The molecule has 5 rings (SSSR count). The van der Waals surface area contributed by atoms with E-state index in [0.29, 0.717) is 17.1 Å². The van der Waals surface area contributed by atoms with Crippen LogP contribution in [0.5, 0.6) is 0 Å². The van der Waals surface area contributed by atoms with E-state index in [4.69, 9.17) is 0 Å². The number of hydrogen-bond donors (Lipinski definition) is 0. The maximum atomic E-state index is 14.4. The van der Waals surface area contributed by atoms with Crippen LogP contribution in [0.15, 0.2) is 59.8 Å². The van der Waals surface area contributed by atoms with Crippen LogP contribution in [-0.4, -0.2) is 47.6 Å². The minimum Gasteiger partial charge on any atom is -0.290 e. The molecule has 2 amide bonds. The molecule has 2 atom stereocenters. The summed E-state index contributed by atoms with van der Waals surface area (Å²) >= 11 is 1.14. The molecule has 39 heavy (non-hydrogen) atoms. The number of Topliss-reactive ketones (excluding diaryl/α,β-unsaturated/α-hetero) is 1. The van der Waals surface area contributed by atoms with Crippen molar-refractivity contribution in [2.75, 3.05) is 0 Å². The van der Waals surface area contributed by atoms with Crippen molar-refractivity contribution in [1.82, 2.24) is 25.1 Å². The third-order valence-electron chi connectivity index (χ3n) is 7.80. The summed E-state index contributed by atoms with van der Waals surface area (Å²) < 4.78 is 1.57. The van der Waals surface area contributed by atoms with Gasteiger partial charge in [-0.05, 0) is 46.3 Å². The van der Waals surface area contributed by atoms with Crippen molar-refractivity contribution in [3.05, 3.63) is 65.7 Å². The van der Waals surface area contributed by atoms with Crippen LogP contribution in [-0.2, 0) is 9.59 Å². The van der Waals surface area contributed by atoms with E-state index in [1.807, 2.05) is 54.6 Å². The van der Waals surface area contributed by atoms with Gasteiger partial charge in [-0.15, -0.1) is 5.10 Å². The van der Waals surface area contributed by atoms with Crippen molar-refractivity contribution in [3.8, 4) is 5.69 Å². The van der Waals surface area contributed by atoms with Gasteiger partial charge in [-0.3, -0.25) is 19.3 Å². The number of carbonyl (C=O) groups excluding carboxylic acids is 3. The van der Waals surface area contributed by atoms with Crippen LogP contribution in [0, 0.1) is 0 Å². The van der Waals surface area contributed by atoms with Gasteiger partial charge in [0.1, 0.15) is 0 Å². The number of amides is 2. The number of aromatic nitrogens is 4. The fraction of sp³-hybridized carbons (Fsp3) is 0.467. The van der Waals surface area contributed by atoms with Gasteiger partial charge in [0.2, 0.25) is 22.8 Å². The molecule has 204 valence electrons. The van der Waals surface area contributed by atoms with E-state index in [1.165, 1.54) is 37.0 Å². The Morgan fingerprint density at radius 3 is 2.21 bits per heavy atom. The largest absolute Gasteiger partial charge is 0.290 e. The predicted molar refractivity (Wildman–Crippen MR) is 150 cm³/mol. The van der Waals surface area contributed by atoms with Crippen molar-refractivity contribution in [1.29, 1.82) is 0 Å². The Labute approximate surface area is 233 Å². The van der Waals surface area contributed by atoms with Gasteiger partial charge in [-0.2, -0.15) is 4.68 Å². The number of imide groups is 1. The summed E-state index contributed by atoms with van der Waals surface area (Å²) in [5.74, 6) is -1.20. The van der Waals surface area contributed by atoms with E-state index in [-0.39, 0.29) is 36.4 Å². The molecule has 9 heteroatoms. The molecule has 0 N–H and O–H groups in total. The van der Waals surface area contributed by atoms with E-state index in [0.717, 1.165) is 42.3 Å². The second-order valence-electron chi connectivity index (χ2n) is 10.4. The van der Waals surface area contributed by atoms with Crippen molar-refractivity contribution < 1.29 is 14.4 Å². The molecule has 0 saturated carbocycles. The van der Waals surface area contributed by atoms with Crippen LogP contribution >= 0.6 is 11.8 Å². The first-order valence-electron chi connectivity index (χ1n) is 14.1. The number of tetrazole rings is 1. The summed E-state index contributed by atoms with van der Waals surface area (Å²) in [4.78, 5) is 40.7. The van der Waals surface area contributed by atoms with Gasteiger partial charge in [0, 0.05) is 24.3 Å². The second-order valence-corrected chi connectivity index (χ2v) is 11.6. The lowest BCUT2D eigenvalue weighted by atomic mass is 9.90. The Morgan fingerprint density at radius 1 is 0.846 bits per heavy atom. The summed E-state index contributed by atoms with van der Waals surface area (Å²) in [5, 5.41) is 12.7. The topological polar surface area (TPSA) is 98.1 Å². The van der Waals surface area contributed by atoms with Gasteiger partial charge in [0.15, 0.2) is 4.87 Å². The summed E-state index contributed by atoms with van der Waals surface area (Å²) in [6, 6.07) is 17.0. The smallest absolute Gasteiger partial charge is 0.231 e. The number of fused-ring (bicyclic) bond motifs is 1. The highest BCUT2D eigenvalue weighted by Gasteiger charge is 2.62. The van der Waals surface area contributed by atoms with Gasteiger partial charge in [-0.1, -0.05) is 101 Å². The Kier molecular flexibility index (Phi) is 8.55. The number of ketones is 1. The van der Waals surface area contributed by atoms with Crippen LogP contribution in [0.2, 0.25) is 0 Å². The molecule has 1 fully saturated rings. The number of carbonyl (C=O) groups is 3. The summed E-state index contributed by atoms with van der Waals surface area (Å²) in [6.07, 6.45) is 10.2. The van der Waals surface area contributed by atoms with Crippen molar-refractivity contribution in [3.63, 3.8) is 0 Å². The number of para-hydroxylation sites is 1. The zero-order valence-electron chi connectivity index (χ0n) is 22.4. The fourth-order valence-electron chi connectivity index (χ4n) is 5.88. The van der Waals surface area contributed by atoms with Crippen LogP contribution in [0.3, 0.4) is 0 Å². The zero-order valence-corrected chi connectivity index (χ0v) is 23.2. The predicted octanol–water partition coefficient (Wildman–Crippen LogP) is 6.11. The molecule has 0 radical (unpaired) electrons. The number of unbranched alkanes of at least 4 members (excludes halogenated alkanes) is 7. The van der Waals surface area contributed by atoms with Crippen LogP contribution in [0.1, 0.15) is 99.4 Å². The van der Waals surface area contributed by atoms with Gasteiger partial charge >= 0.3 is 0 Å². The highest BCUT2D eigenvalue weighted by Crippen LogP contribution is 2.56. The quantitative estimate of drug-likeness (QED) is 0.189. The van der Waals surface area contributed by atoms with Gasteiger partial charge in [0.25, 0.3) is 0 Å². The highest BCUT2D eigenvalue weighted by atomic mass is 32.2. The molecule has 1 aromatic heterocycles. The minimum atomic E-state index is -1.46. The molecule has 2 aliphatic rings. The lowest BCUT2D eigenvalue weighted by Gasteiger charge is -2.39. The second kappa shape index (κ2) is 12.2. The first-order chi connectivity index (χ1) is 19.1. The molecule has 8 nitrogen and oxygen atoms in total. The average molecular weight is 546 g/mol. The van der Waals surface area contributed by atoms with E-state index in [1.54, 1.807) is 4.68 Å². The fourth-order valence-corrected chi connectivity index (χ4v) is 7.35. The van der Waals surface area contributed by atoms with Crippen molar-refractivity contribution in [2.24, 2.45) is 0 Å². The Hall–Kier alpha value is -3.33. The number of hydrogen-bond acceptors (Lipinski definition) is 7. The normalized spacial score (nSPS) is 20.7.